The first kappa shape index (κ1) is 15.0. The van der Waals surface area contributed by atoms with Gasteiger partial charge in [0.05, 0.1) is 6.04 Å². The van der Waals surface area contributed by atoms with E-state index in [9.17, 15) is 4.79 Å². The fraction of sp³-hybridized carbons (Fsp3) is 0.588. The first-order chi connectivity index (χ1) is 9.72. The quantitative estimate of drug-likeness (QED) is 0.893. The molecule has 20 heavy (non-hydrogen) atoms. The topological polar surface area (TPSA) is 32.3 Å². The summed E-state index contributed by atoms with van der Waals surface area (Å²) in [6, 6.07) is 10.5. The highest BCUT2D eigenvalue weighted by molar-refractivity contribution is 5.97. The minimum Gasteiger partial charge on any atom is -0.311 e. The molecule has 1 aromatic carbocycles. The molecule has 1 N–H and O–H groups in total. The standard InChI is InChI=1S/C17H26N2O/c1-3-4-13-19(15-10-6-5-7-11-15)17(20)16-12-8-9-14(2)18-16/h5-7,10-11,14,16,18H,3-4,8-9,12-13H2,1-2H3. The van der Waals surface area contributed by atoms with Crippen molar-refractivity contribution >= 4 is 11.6 Å². The van der Waals surface area contributed by atoms with Gasteiger partial charge in [-0.05, 0) is 44.7 Å². The van der Waals surface area contributed by atoms with Crippen molar-refractivity contribution in [2.24, 2.45) is 0 Å². The van der Waals surface area contributed by atoms with E-state index in [0.29, 0.717) is 6.04 Å². The summed E-state index contributed by atoms with van der Waals surface area (Å²) in [4.78, 5) is 14.8. The predicted octanol–water partition coefficient (Wildman–Crippen LogP) is 3.35. The van der Waals surface area contributed by atoms with Crippen molar-refractivity contribution in [2.45, 2.75) is 58.0 Å². The van der Waals surface area contributed by atoms with Crippen LogP contribution in [-0.2, 0) is 4.79 Å². The highest BCUT2D eigenvalue weighted by Gasteiger charge is 2.28. The first-order valence-electron chi connectivity index (χ1n) is 7.85. The van der Waals surface area contributed by atoms with E-state index in [1.807, 2.05) is 35.2 Å². The molecule has 0 saturated carbocycles. The van der Waals surface area contributed by atoms with Crippen LogP contribution in [0.2, 0.25) is 0 Å². The van der Waals surface area contributed by atoms with Crippen LogP contribution in [0.4, 0.5) is 5.69 Å². The third kappa shape index (κ3) is 3.83. The van der Waals surface area contributed by atoms with Crippen LogP contribution >= 0.6 is 0 Å². The molecule has 3 nitrogen and oxygen atoms in total. The van der Waals surface area contributed by atoms with Gasteiger partial charge < -0.3 is 10.2 Å². The van der Waals surface area contributed by atoms with Crippen molar-refractivity contribution in [3.05, 3.63) is 30.3 Å². The maximum Gasteiger partial charge on any atom is 0.244 e. The predicted molar refractivity (Wildman–Crippen MR) is 83.9 cm³/mol. The van der Waals surface area contributed by atoms with Crippen molar-refractivity contribution < 1.29 is 4.79 Å². The molecule has 2 unspecified atom stereocenters. The Morgan fingerprint density at radius 1 is 1.30 bits per heavy atom. The molecule has 1 saturated heterocycles. The summed E-state index contributed by atoms with van der Waals surface area (Å²) in [7, 11) is 0. The Hall–Kier alpha value is -1.35. The van der Waals surface area contributed by atoms with Gasteiger partial charge in [0, 0.05) is 18.3 Å². The molecular weight excluding hydrogens is 248 g/mol. The minimum absolute atomic E-state index is 0.0178. The number of amides is 1. The summed E-state index contributed by atoms with van der Waals surface area (Å²) in [5.74, 6) is 0.233. The van der Waals surface area contributed by atoms with Gasteiger partial charge in [0.2, 0.25) is 5.91 Å². The van der Waals surface area contributed by atoms with Crippen LogP contribution in [0.25, 0.3) is 0 Å². The molecule has 1 amide bonds. The van der Waals surface area contributed by atoms with Crippen LogP contribution in [0.3, 0.4) is 0 Å². The Labute approximate surface area is 122 Å². The lowest BCUT2D eigenvalue weighted by atomic mass is 9.98. The lowest BCUT2D eigenvalue weighted by Crippen LogP contribution is -2.51. The van der Waals surface area contributed by atoms with Crippen LogP contribution < -0.4 is 10.2 Å². The van der Waals surface area contributed by atoms with Gasteiger partial charge in [0.15, 0.2) is 0 Å². The third-order valence-corrected chi connectivity index (χ3v) is 3.98. The van der Waals surface area contributed by atoms with Crippen LogP contribution in [0.1, 0.15) is 46.0 Å². The van der Waals surface area contributed by atoms with Gasteiger partial charge in [-0.3, -0.25) is 4.79 Å². The summed E-state index contributed by atoms with van der Waals surface area (Å²) in [6.45, 7) is 5.14. The van der Waals surface area contributed by atoms with Crippen molar-refractivity contribution in [2.75, 3.05) is 11.4 Å². The Morgan fingerprint density at radius 2 is 2.05 bits per heavy atom. The maximum atomic E-state index is 12.8. The Bertz CT molecular complexity index is 418. The number of hydrogen-bond donors (Lipinski definition) is 1. The molecule has 0 bridgehead atoms. The number of para-hydroxylation sites is 1. The number of nitrogens with zero attached hydrogens (tertiary/aromatic N) is 1. The minimum atomic E-state index is -0.0178. The van der Waals surface area contributed by atoms with E-state index in [4.69, 9.17) is 0 Å². The van der Waals surface area contributed by atoms with E-state index in [0.717, 1.165) is 37.9 Å². The summed E-state index contributed by atoms with van der Waals surface area (Å²) >= 11 is 0. The number of rotatable bonds is 5. The van der Waals surface area contributed by atoms with Gasteiger partial charge in [0.25, 0.3) is 0 Å². The number of carbonyl (C=O) groups excluding carboxylic acids is 1. The van der Waals surface area contributed by atoms with Crippen LogP contribution in [-0.4, -0.2) is 24.5 Å². The van der Waals surface area contributed by atoms with Crippen molar-refractivity contribution in [1.82, 2.24) is 5.32 Å². The molecule has 2 atom stereocenters. The SMILES string of the molecule is CCCCN(C(=O)C1CCCC(C)N1)c1ccccc1. The van der Waals surface area contributed by atoms with E-state index in [1.165, 1.54) is 6.42 Å². The Morgan fingerprint density at radius 3 is 2.70 bits per heavy atom. The summed E-state index contributed by atoms with van der Waals surface area (Å²) in [6.07, 6.45) is 5.41. The van der Waals surface area contributed by atoms with Gasteiger partial charge in [-0.15, -0.1) is 0 Å². The number of benzene rings is 1. The fourth-order valence-electron chi connectivity index (χ4n) is 2.81. The zero-order valence-electron chi connectivity index (χ0n) is 12.6. The smallest absolute Gasteiger partial charge is 0.244 e. The summed E-state index contributed by atoms with van der Waals surface area (Å²) < 4.78 is 0. The Kier molecular flexibility index (Phi) is 5.60. The average molecular weight is 274 g/mol. The molecule has 1 aromatic rings. The monoisotopic (exact) mass is 274 g/mol. The number of piperidine rings is 1. The highest BCUT2D eigenvalue weighted by atomic mass is 16.2. The van der Waals surface area contributed by atoms with Crippen LogP contribution in [0.5, 0.6) is 0 Å². The van der Waals surface area contributed by atoms with E-state index < -0.39 is 0 Å². The van der Waals surface area contributed by atoms with Gasteiger partial charge in [-0.1, -0.05) is 31.5 Å². The molecule has 0 spiro atoms. The zero-order chi connectivity index (χ0) is 14.4. The van der Waals surface area contributed by atoms with Gasteiger partial charge in [0.1, 0.15) is 0 Å². The molecule has 110 valence electrons. The van der Waals surface area contributed by atoms with Crippen LogP contribution in [0, 0.1) is 0 Å². The van der Waals surface area contributed by atoms with Crippen molar-refractivity contribution in [3.63, 3.8) is 0 Å². The fourth-order valence-corrected chi connectivity index (χ4v) is 2.81. The molecule has 1 aliphatic heterocycles. The molecule has 2 rings (SSSR count). The number of nitrogens with one attached hydrogen (secondary N) is 1. The van der Waals surface area contributed by atoms with Crippen molar-refractivity contribution in [3.8, 4) is 0 Å². The number of anilines is 1. The molecule has 1 aliphatic rings. The van der Waals surface area contributed by atoms with E-state index in [1.54, 1.807) is 0 Å². The maximum absolute atomic E-state index is 12.8. The third-order valence-electron chi connectivity index (χ3n) is 3.98. The molecule has 0 aromatic heterocycles. The van der Waals surface area contributed by atoms with E-state index in [-0.39, 0.29) is 11.9 Å². The molecule has 1 heterocycles. The second-order valence-corrected chi connectivity index (χ2v) is 5.73. The number of carbonyl (C=O) groups is 1. The normalized spacial score (nSPS) is 22.5. The zero-order valence-corrected chi connectivity index (χ0v) is 12.6. The summed E-state index contributed by atoms with van der Waals surface area (Å²) in [5, 5.41) is 3.45. The second-order valence-electron chi connectivity index (χ2n) is 5.73. The van der Waals surface area contributed by atoms with E-state index >= 15 is 0 Å². The van der Waals surface area contributed by atoms with Gasteiger partial charge >= 0.3 is 0 Å². The lowest BCUT2D eigenvalue weighted by Gasteiger charge is -2.32. The van der Waals surface area contributed by atoms with Gasteiger partial charge in [-0.25, -0.2) is 0 Å². The van der Waals surface area contributed by atoms with Crippen LogP contribution in [0.15, 0.2) is 30.3 Å². The first-order valence-corrected chi connectivity index (χ1v) is 7.85. The molecular formula is C17H26N2O. The Balaban J connectivity index is 2.11. The number of hydrogen-bond acceptors (Lipinski definition) is 2. The number of unbranched alkanes of at least 4 members (excludes halogenated alkanes) is 1. The largest absolute Gasteiger partial charge is 0.311 e. The average Bonchev–Trinajstić information content (AvgIpc) is 2.48. The van der Waals surface area contributed by atoms with Gasteiger partial charge in [-0.2, -0.15) is 0 Å². The second kappa shape index (κ2) is 7.44. The highest BCUT2D eigenvalue weighted by Crippen LogP contribution is 2.20. The molecule has 1 fully saturated rings. The van der Waals surface area contributed by atoms with E-state index in [2.05, 4.69) is 19.2 Å². The summed E-state index contributed by atoms with van der Waals surface area (Å²) in [5.41, 5.74) is 1.02. The molecule has 3 heteroatoms. The molecule has 0 radical (unpaired) electrons. The molecule has 0 aliphatic carbocycles. The van der Waals surface area contributed by atoms with Crippen molar-refractivity contribution in [1.29, 1.82) is 0 Å². The lowest BCUT2D eigenvalue weighted by molar-refractivity contribution is -0.121.